The third kappa shape index (κ3) is 2.74. The number of Topliss-reactive ketones (excluding diaryl/α,β-unsaturated/α-hetero) is 1. The van der Waals surface area contributed by atoms with Crippen LogP contribution in [0.2, 0.25) is 0 Å². The van der Waals surface area contributed by atoms with Crippen LogP contribution >= 0.6 is 0 Å². The Morgan fingerprint density at radius 2 is 1.73 bits per heavy atom. The molecule has 78 valence electrons. The van der Waals surface area contributed by atoms with Crippen molar-refractivity contribution < 1.29 is 19.1 Å². The summed E-state index contributed by atoms with van der Waals surface area (Å²) in [5.74, 6) is -1.05. The lowest BCUT2D eigenvalue weighted by molar-refractivity contribution is -0.104. The van der Waals surface area contributed by atoms with Gasteiger partial charge in [0.1, 0.15) is 0 Å². The van der Waals surface area contributed by atoms with Crippen LogP contribution in [0.15, 0.2) is 24.3 Å². The maximum atomic E-state index is 11.2. The Balaban J connectivity index is 2.85. The lowest BCUT2D eigenvalue weighted by Crippen LogP contribution is -2.05. The lowest BCUT2D eigenvalue weighted by atomic mass is 10.1. The molecule has 1 rings (SSSR count). The van der Waals surface area contributed by atoms with E-state index in [9.17, 15) is 14.4 Å². The van der Waals surface area contributed by atoms with Crippen LogP contribution in [-0.4, -0.2) is 24.6 Å². The van der Waals surface area contributed by atoms with Gasteiger partial charge < -0.3 is 4.74 Å². The Kier molecular flexibility index (Phi) is 3.74. The maximum Gasteiger partial charge on any atom is 0.338 e. The molecule has 0 atom stereocenters. The van der Waals surface area contributed by atoms with Crippen molar-refractivity contribution >= 4 is 18.0 Å². The summed E-state index contributed by atoms with van der Waals surface area (Å²) < 4.78 is 4.76. The van der Waals surface area contributed by atoms with Gasteiger partial charge in [0.2, 0.25) is 5.78 Å². The molecule has 15 heavy (non-hydrogen) atoms. The zero-order valence-corrected chi connectivity index (χ0v) is 8.23. The maximum absolute atomic E-state index is 11.2. The van der Waals surface area contributed by atoms with E-state index in [-0.39, 0.29) is 11.8 Å². The average molecular weight is 206 g/mol. The van der Waals surface area contributed by atoms with E-state index in [1.165, 1.54) is 24.3 Å². The van der Waals surface area contributed by atoms with Gasteiger partial charge in [-0.05, 0) is 19.1 Å². The third-order valence-electron chi connectivity index (χ3n) is 1.79. The fourth-order valence-electron chi connectivity index (χ4n) is 1.05. The highest BCUT2D eigenvalue weighted by Gasteiger charge is 2.08. The summed E-state index contributed by atoms with van der Waals surface area (Å²) in [5.41, 5.74) is 0.623. The number of hydrogen-bond donors (Lipinski definition) is 0. The Hall–Kier alpha value is -1.97. The molecule has 1 aromatic rings. The van der Waals surface area contributed by atoms with Gasteiger partial charge in [0.15, 0.2) is 6.29 Å². The summed E-state index contributed by atoms with van der Waals surface area (Å²) in [4.78, 5) is 32.3. The average Bonchev–Trinajstić information content (AvgIpc) is 2.28. The van der Waals surface area contributed by atoms with E-state index < -0.39 is 11.8 Å². The van der Waals surface area contributed by atoms with E-state index >= 15 is 0 Å². The molecule has 0 bridgehead atoms. The van der Waals surface area contributed by atoms with E-state index in [1.807, 2.05) is 0 Å². The molecule has 0 fully saturated rings. The zero-order valence-electron chi connectivity index (χ0n) is 8.23. The van der Waals surface area contributed by atoms with Crippen molar-refractivity contribution in [1.82, 2.24) is 0 Å². The zero-order chi connectivity index (χ0) is 11.3. The van der Waals surface area contributed by atoms with Gasteiger partial charge in [-0.2, -0.15) is 0 Å². The normalized spacial score (nSPS) is 9.40. The number of esters is 1. The van der Waals surface area contributed by atoms with Crippen LogP contribution in [0.25, 0.3) is 0 Å². The number of ketones is 1. The van der Waals surface area contributed by atoms with Gasteiger partial charge >= 0.3 is 5.97 Å². The topological polar surface area (TPSA) is 60.4 Å². The van der Waals surface area contributed by atoms with Gasteiger partial charge in [-0.25, -0.2) is 4.79 Å². The minimum Gasteiger partial charge on any atom is -0.462 e. The number of carbonyl (C=O) groups excluding carboxylic acids is 3. The molecular formula is C11H10O4. The molecule has 0 saturated carbocycles. The van der Waals surface area contributed by atoms with Crippen LogP contribution in [0.4, 0.5) is 0 Å². The first kappa shape index (κ1) is 11.1. The number of benzene rings is 1. The lowest BCUT2D eigenvalue weighted by Gasteiger charge is -2.01. The fraction of sp³-hybridized carbons (Fsp3) is 0.182. The molecule has 0 N–H and O–H groups in total. The van der Waals surface area contributed by atoms with Crippen LogP contribution < -0.4 is 0 Å². The van der Waals surface area contributed by atoms with Crippen LogP contribution in [0.3, 0.4) is 0 Å². The second-order valence-electron chi connectivity index (χ2n) is 2.78. The monoisotopic (exact) mass is 206 g/mol. The summed E-state index contributed by atoms with van der Waals surface area (Å²) >= 11 is 0. The molecule has 0 saturated heterocycles. The first-order valence-corrected chi connectivity index (χ1v) is 4.45. The molecule has 4 nitrogen and oxygen atoms in total. The Morgan fingerprint density at radius 1 is 1.20 bits per heavy atom. The molecule has 0 unspecified atom stereocenters. The minimum absolute atomic E-state index is 0.235. The summed E-state index contributed by atoms with van der Waals surface area (Å²) in [6.45, 7) is 2.01. The summed E-state index contributed by atoms with van der Waals surface area (Å²) in [6.07, 6.45) is 0.235. The standard InChI is InChI=1S/C11H10O4/c1-2-15-11(14)9-5-3-8(4-6-9)10(13)7-12/h3-7H,2H2,1H3. The van der Waals surface area contributed by atoms with Gasteiger partial charge in [0.05, 0.1) is 12.2 Å². The van der Waals surface area contributed by atoms with Crippen molar-refractivity contribution in [1.29, 1.82) is 0 Å². The predicted octanol–water partition coefficient (Wildman–Crippen LogP) is 1.24. The van der Waals surface area contributed by atoms with Crippen molar-refractivity contribution in [3.05, 3.63) is 35.4 Å². The summed E-state index contributed by atoms with van der Waals surface area (Å²) in [7, 11) is 0. The molecule has 0 aliphatic heterocycles. The number of carbonyl (C=O) groups is 3. The largest absolute Gasteiger partial charge is 0.462 e. The second-order valence-corrected chi connectivity index (χ2v) is 2.78. The van der Waals surface area contributed by atoms with E-state index in [2.05, 4.69) is 0 Å². The Labute approximate surface area is 86.9 Å². The van der Waals surface area contributed by atoms with Gasteiger partial charge in [0, 0.05) is 5.56 Å². The predicted molar refractivity (Wildman–Crippen MR) is 52.8 cm³/mol. The van der Waals surface area contributed by atoms with Crippen molar-refractivity contribution in [2.24, 2.45) is 0 Å². The van der Waals surface area contributed by atoms with Crippen LogP contribution in [0.5, 0.6) is 0 Å². The number of ether oxygens (including phenoxy) is 1. The molecule has 0 radical (unpaired) electrons. The SMILES string of the molecule is CCOC(=O)c1ccc(C(=O)C=O)cc1. The molecule has 0 aliphatic carbocycles. The summed E-state index contributed by atoms with van der Waals surface area (Å²) in [5, 5.41) is 0. The molecule has 0 aliphatic rings. The van der Waals surface area contributed by atoms with Crippen molar-refractivity contribution in [2.45, 2.75) is 6.92 Å². The van der Waals surface area contributed by atoms with E-state index in [1.54, 1.807) is 6.92 Å². The van der Waals surface area contributed by atoms with Crippen LogP contribution in [0, 0.1) is 0 Å². The van der Waals surface area contributed by atoms with E-state index in [4.69, 9.17) is 4.74 Å². The first-order chi connectivity index (χ1) is 7.19. The highest BCUT2D eigenvalue weighted by molar-refractivity contribution is 6.33. The van der Waals surface area contributed by atoms with Gasteiger partial charge in [-0.3, -0.25) is 9.59 Å². The fourth-order valence-corrected chi connectivity index (χ4v) is 1.05. The molecule has 0 aromatic heterocycles. The first-order valence-electron chi connectivity index (χ1n) is 4.45. The molecular weight excluding hydrogens is 196 g/mol. The van der Waals surface area contributed by atoms with Gasteiger partial charge in [-0.1, -0.05) is 12.1 Å². The second kappa shape index (κ2) is 5.05. The van der Waals surface area contributed by atoms with E-state index in [0.717, 1.165) is 0 Å². The smallest absolute Gasteiger partial charge is 0.338 e. The molecule has 4 heteroatoms. The van der Waals surface area contributed by atoms with Crippen molar-refractivity contribution in [2.75, 3.05) is 6.61 Å². The number of aldehydes is 1. The molecule has 0 heterocycles. The molecule has 0 spiro atoms. The summed E-state index contributed by atoms with van der Waals surface area (Å²) in [6, 6.07) is 5.75. The Morgan fingerprint density at radius 3 is 2.20 bits per heavy atom. The van der Waals surface area contributed by atoms with Crippen LogP contribution in [-0.2, 0) is 9.53 Å². The molecule has 1 aromatic carbocycles. The van der Waals surface area contributed by atoms with Crippen molar-refractivity contribution in [3.8, 4) is 0 Å². The molecule has 0 amide bonds. The number of rotatable bonds is 4. The van der Waals surface area contributed by atoms with Crippen molar-refractivity contribution in [3.63, 3.8) is 0 Å². The number of hydrogen-bond acceptors (Lipinski definition) is 4. The van der Waals surface area contributed by atoms with Gasteiger partial charge in [0.25, 0.3) is 0 Å². The quantitative estimate of drug-likeness (QED) is 0.322. The third-order valence-corrected chi connectivity index (χ3v) is 1.79. The Bertz CT molecular complexity index is 378. The van der Waals surface area contributed by atoms with Gasteiger partial charge in [-0.15, -0.1) is 0 Å². The highest BCUT2D eigenvalue weighted by atomic mass is 16.5. The minimum atomic E-state index is -0.606. The van der Waals surface area contributed by atoms with E-state index in [0.29, 0.717) is 12.2 Å². The van der Waals surface area contributed by atoms with Crippen LogP contribution in [0.1, 0.15) is 27.6 Å². The highest BCUT2D eigenvalue weighted by Crippen LogP contribution is 2.06.